The third-order valence-electron chi connectivity index (χ3n) is 1.87. The predicted octanol–water partition coefficient (Wildman–Crippen LogP) is 3.25. The van der Waals surface area contributed by atoms with Gasteiger partial charge in [0.15, 0.2) is 0 Å². The van der Waals surface area contributed by atoms with Gasteiger partial charge in [-0.3, -0.25) is 4.79 Å². The molecule has 0 bridgehead atoms. The largest absolute Gasteiger partial charge is 0.302 e. The van der Waals surface area contributed by atoms with Gasteiger partial charge >= 0.3 is 5.92 Å². The molecular weight excluding hydrogens is 229 g/mol. The molecule has 82 valence electrons. The molecule has 15 heavy (non-hydrogen) atoms. The molecule has 0 spiro atoms. The fourth-order valence-corrected chi connectivity index (χ4v) is 1.21. The molecule has 1 nitrogen and oxygen atoms in total. The van der Waals surface area contributed by atoms with Crippen molar-refractivity contribution in [2.75, 3.05) is 0 Å². The minimum absolute atomic E-state index is 0.0724. The first-order chi connectivity index (χ1) is 6.82. The van der Waals surface area contributed by atoms with E-state index in [1.807, 2.05) is 0 Å². The van der Waals surface area contributed by atoms with Crippen molar-refractivity contribution in [1.29, 1.82) is 0 Å². The Morgan fingerprint density at radius 3 is 2.60 bits per heavy atom. The Morgan fingerprint density at radius 1 is 1.47 bits per heavy atom. The van der Waals surface area contributed by atoms with E-state index in [9.17, 15) is 18.0 Å². The van der Waals surface area contributed by atoms with E-state index in [4.69, 9.17) is 11.6 Å². The van der Waals surface area contributed by atoms with Gasteiger partial charge in [0.05, 0.1) is 5.02 Å². The van der Waals surface area contributed by atoms with Gasteiger partial charge < -0.3 is 0 Å². The first-order valence-corrected chi connectivity index (χ1v) is 4.54. The van der Waals surface area contributed by atoms with Gasteiger partial charge in [0.2, 0.25) is 5.78 Å². The molecule has 0 aromatic heterocycles. The van der Waals surface area contributed by atoms with E-state index in [0.717, 1.165) is 6.07 Å². The van der Waals surface area contributed by atoms with Crippen LogP contribution in [-0.4, -0.2) is 11.7 Å². The lowest BCUT2D eigenvalue weighted by Gasteiger charge is -2.09. The van der Waals surface area contributed by atoms with Crippen molar-refractivity contribution in [2.45, 2.75) is 19.3 Å². The Morgan fingerprint density at radius 2 is 2.07 bits per heavy atom. The number of Topliss-reactive ketones (excluding diaryl/α,β-unsaturated/α-hetero) is 1. The summed E-state index contributed by atoms with van der Waals surface area (Å²) >= 11 is 5.52. The highest BCUT2D eigenvalue weighted by molar-refractivity contribution is 6.31. The maximum Gasteiger partial charge on any atom is 0.302 e. The summed E-state index contributed by atoms with van der Waals surface area (Å²) in [7, 11) is 0. The van der Waals surface area contributed by atoms with Crippen LogP contribution in [0.1, 0.15) is 12.5 Å². The number of rotatable bonds is 3. The number of hydrogen-bond donors (Lipinski definition) is 0. The van der Waals surface area contributed by atoms with Gasteiger partial charge in [-0.15, -0.1) is 0 Å². The quantitative estimate of drug-likeness (QED) is 0.787. The molecule has 0 saturated heterocycles. The number of hydrogen-bond acceptors (Lipinski definition) is 1. The second-order valence-corrected chi connectivity index (χ2v) is 3.58. The molecule has 1 aromatic carbocycles. The minimum Gasteiger partial charge on any atom is -0.293 e. The molecular formula is C10H8ClF3O. The highest BCUT2D eigenvalue weighted by Gasteiger charge is 2.32. The molecule has 0 N–H and O–H groups in total. The molecule has 1 aromatic rings. The third kappa shape index (κ3) is 2.96. The monoisotopic (exact) mass is 236 g/mol. The van der Waals surface area contributed by atoms with Crippen LogP contribution in [-0.2, 0) is 11.2 Å². The fourth-order valence-electron chi connectivity index (χ4n) is 1.01. The molecule has 0 aliphatic heterocycles. The molecule has 0 amide bonds. The predicted molar refractivity (Wildman–Crippen MR) is 50.7 cm³/mol. The summed E-state index contributed by atoms with van der Waals surface area (Å²) in [6, 6.07) is 3.76. The number of benzene rings is 1. The van der Waals surface area contributed by atoms with Crippen molar-refractivity contribution in [1.82, 2.24) is 0 Å². The molecule has 5 heteroatoms. The van der Waals surface area contributed by atoms with Gasteiger partial charge in [-0.25, -0.2) is 4.39 Å². The van der Waals surface area contributed by atoms with Gasteiger partial charge in [0, 0.05) is 13.3 Å². The van der Waals surface area contributed by atoms with Crippen LogP contribution in [0.5, 0.6) is 0 Å². The van der Waals surface area contributed by atoms with Crippen LogP contribution in [0.15, 0.2) is 18.2 Å². The third-order valence-corrected chi connectivity index (χ3v) is 2.30. The van der Waals surface area contributed by atoms with Gasteiger partial charge in [-0.1, -0.05) is 23.7 Å². The van der Waals surface area contributed by atoms with Gasteiger partial charge in [-0.2, -0.15) is 8.78 Å². The SMILES string of the molecule is CC(F)(F)C(=O)Cc1cccc(F)c1Cl. The summed E-state index contributed by atoms with van der Waals surface area (Å²) in [4.78, 5) is 11.0. The first kappa shape index (κ1) is 12.0. The summed E-state index contributed by atoms with van der Waals surface area (Å²) in [5.41, 5.74) is 0.0724. The highest BCUT2D eigenvalue weighted by Crippen LogP contribution is 2.23. The van der Waals surface area contributed by atoms with Crippen LogP contribution < -0.4 is 0 Å². The van der Waals surface area contributed by atoms with Crippen LogP contribution >= 0.6 is 11.6 Å². The Labute approximate surface area is 89.9 Å². The summed E-state index contributed by atoms with van der Waals surface area (Å²) < 4.78 is 38.0. The maximum atomic E-state index is 12.9. The zero-order chi connectivity index (χ0) is 11.6. The second-order valence-electron chi connectivity index (χ2n) is 3.20. The number of halogens is 4. The van der Waals surface area contributed by atoms with Crippen molar-refractivity contribution in [2.24, 2.45) is 0 Å². The first-order valence-electron chi connectivity index (χ1n) is 4.16. The average molecular weight is 237 g/mol. The lowest BCUT2D eigenvalue weighted by Crippen LogP contribution is -2.26. The van der Waals surface area contributed by atoms with E-state index in [-0.39, 0.29) is 10.6 Å². The Bertz CT molecular complexity index is 385. The smallest absolute Gasteiger partial charge is 0.293 e. The second kappa shape index (κ2) is 4.23. The molecule has 0 radical (unpaired) electrons. The minimum atomic E-state index is -3.42. The van der Waals surface area contributed by atoms with E-state index in [2.05, 4.69) is 0 Å². The summed E-state index contributed by atoms with van der Waals surface area (Å²) in [6.07, 6.45) is -0.569. The summed E-state index contributed by atoms with van der Waals surface area (Å²) in [5, 5.41) is -0.282. The Balaban J connectivity index is 2.91. The van der Waals surface area contributed by atoms with Crippen molar-refractivity contribution >= 4 is 17.4 Å². The summed E-state index contributed by atoms with van der Waals surface area (Å²) in [5.74, 6) is -5.42. The number of carbonyl (C=O) groups excluding carboxylic acids is 1. The molecule has 0 fully saturated rings. The van der Waals surface area contributed by atoms with Gasteiger partial charge in [-0.05, 0) is 11.6 Å². The highest BCUT2D eigenvalue weighted by atomic mass is 35.5. The summed E-state index contributed by atoms with van der Waals surface area (Å²) in [6.45, 7) is 0.503. The number of ketones is 1. The topological polar surface area (TPSA) is 17.1 Å². The normalized spacial score (nSPS) is 11.5. The lowest BCUT2D eigenvalue weighted by atomic mass is 10.1. The van der Waals surface area contributed by atoms with E-state index < -0.39 is 23.9 Å². The van der Waals surface area contributed by atoms with Gasteiger partial charge in [0.25, 0.3) is 0 Å². The zero-order valence-corrected chi connectivity index (χ0v) is 8.62. The van der Waals surface area contributed by atoms with E-state index in [1.165, 1.54) is 12.1 Å². The van der Waals surface area contributed by atoms with Crippen LogP contribution in [0.4, 0.5) is 13.2 Å². The molecule has 0 unspecified atom stereocenters. The molecule has 0 saturated carbocycles. The van der Waals surface area contributed by atoms with Crippen molar-refractivity contribution in [3.8, 4) is 0 Å². The van der Waals surface area contributed by atoms with Crippen molar-refractivity contribution in [3.63, 3.8) is 0 Å². The van der Waals surface area contributed by atoms with Crippen LogP contribution in [0.25, 0.3) is 0 Å². The average Bonchev–Trinajstić information content (AvgIpc) is 2.11. The molecule has 0 heterocycles. The fraction of sp³-hybridized carbons (Fsp3) is 0.300. The maximum absolute atomic E-state index is 12.9. The standard InChI is InChI=1S/C10H8ClF3O/c1-10(13,14)8(15)5-6-3-2-4-7(12)9(6)11/h2-4H,5H2,1H3. The number of carbonyl (C=O) groups is 1. The van der Waals surface area contributed by atoms with Crippen molar-refractivity contribution < 1.29 is 18.0 Å². The van der Waals surface area contributed by atoms with E-state index >= 15 is 0 Å². The molecule has 0 atom stereocenters. The van der Waals surface area contributed by atoms with Crippen LogP contribution in [0, 0.1) is 5.82 Å². The van der Waals surface area contributed by atoms with E-state index in [0.29, 0.717) is 6.92 Å². The molecule has 0 aliphatic carbocycles. The van der Waals surface area contributed by atoms with Crippen LogP contribution in [0.2, 0.25) is 5.02 Å². The van der Waals surface area contributed by atoms with Gasteiger partial charge in [0.1, 0.15) is 5.82 Å². The zero-order valence-electron chi connectivity index (χ0n) is 7.86. The molecule has 0 aliphatic rings. The number of alkyl halides is 2. The van der Waals surface area contributed by atoms with Crippen molar-refractivity contribution in [3.05, 3.63) is 34.6 Å². The van der Waals surface area contributed by atoms with Crippen LogP contribution in [0.3, 0.4) is 0 Å². The Kier molecular flexibility index (Phi) is 3.39. The lowest BCUT2D eigenvalue weighted by molar-refractivity contribution is -0.139. The Hall–Kier alpha value is -1.03. The molecule has 1 rings (SSSR count). The van der Waals surface area contributed by atoms with E-state index in [1.54, 1.807) is 0 Å².